The number of ether oxygens (including phenoxy) is 2. The van der Waals surface area contributed by atoms with E-state index < -0.39 is 0 Å². The van der Waals surface area contributed by atoms with Crippen molar-refractivity contribution in [1.82, 2.24) is 15.0 Å². The quantitative estimate of drug-likeness (QED) is 0.371. The molecule has 168 valence electrons. The van der Waals surface area contributed by atoms with E-state index in [2.05, 4.69) is 20.3 Å². The first-order chi connectivity index (χ1) is 16.2. The van der Waals surface area contributed by atoms with Crippen molar-refractivity contribution < 1.29 is 19.4 Å². The Morgan fingerprint density at radius 3 is 2.61 bits per heavy atom. The monoisotopic (exact) mass is 444 g/mol. The van der Waals surface area contributed by atoms with Crippen molar-refractivity contribution in [2.24, 2.45) is 0 Å². The van der Waals surface area contributed by atoms with E-state index in [1.165, 1.54) is 6.33 Å². The van der Waals surface area contributed by atoms with Gasteiger partial charge in [0, 0.05) is 11.8 Å². The van der Waals surface area contributed by atoms with E-state index in [1.54, 1.807) is 30.5 Å². The standard InChI is InChI=1S/C25H24N4O4/c30-13-20-11-8-17(14-32-20)29-25-22-21(12-26-24(22)27-15-28-25)23(31)16-6-9-19(10-7-16)33-18-4-2-1-3-5-18/h1-7,9-10,12,15,17,20,30H,8,11,13-14H2,(H2,26,27,28,29)/t17-,20+/m0/s1. The predicted molar refractivity (Wildman–Crippen MR) is 124 cm³/mol. The van der Waals surface area contributed by atoms with Crippen LogP contribution >= 0.6 is 0 Å². The fourth-order valence-corrected chi connectivity index (χ4v) is 3.96. The van der Waals surface area contributed by atoms with E-state index in [0.29, 0.717) is 40.3 Å². The Kier molecular flexibility index (Phi) is 6.01. The van der Waals surface area contributed by atoms with Gasteiger partial charge < -0.3 is 24.9 Å². The molecule has 1 aliphatic rings. The number of para-hydroxylation sites is 1. The van der Waals surface area contributed by atoms with E-state index in [4.69, 9.17) is 9.47 Å². The highest BCUT2D eigenvalue weighted by molar-refractivity contribution is 6.18. The van der Waals surface area contributed by atoms with Gasteiger partial charge in [0.1, 0.15) is 29.3 Å². The molecule has 8 nitrogen and oxygen atoms in total. The molecule has 3 heterocycles. The summed E-state index contributed by atoms with van der Waals surface area (Å²) in [4.78, 5) is 25.1. The van der Waals surface area contributed by atoms with Gasteiger partial charge in [-0.2, -0.15) is 0 Å². The van der Waals surface area contributed by atoms with Gasteiger partial charge in [-0.1, -0.05) is 18.2 Å². The lowest BCUT2D eigenvalue weighted by atomic mass is 10.0. The number of nitrogens with one attached hydrogen (secondary N) is 2. The molecule has 8 heteroatoms. The molecule has 0 aliphatic carbocycles. The van der Waals surface area contributed by atoms with Gasteiger partial charge >= 0.3 is 0 Å². The number of hydrogen-bond acceptors (Lipinski definition) is 7. The second-order valence-corrected chi connectivity index (χ2v) is 7.97. The average Bonchev–Trinajstić information content (AvgIpc) is 3.30. The van der Waals surface area contributed by atoms with Gasteiger partial charge in [-0.15, -0.1) is 0 Å². The number of carbonyl (C=O) groups excluding carboxylic acids is 1. The van der Waals surface area contributed by atoms with Crippen molar-refractivity contribution in [3.8, 4) is 11.5 Å². The van der Waals surface area contributed by atoms with E-state index in [0.717, 1.165) is 18.6 Å². The lowest BCUT2D eigenvalue weighted by Gasteiger charge is -2.29. The number of aromatic amines is 1. The van der Waals surface area contributed by atoms with Crippen LogP contribution < -0.4 is 10.1 Å². The average molecular weight is 444 g/mol. The zero-order valence-corrected chi connectivity index (χ0v) is 17.9. The lowest BCUT2D eigenvalue weighted by Crippen LogP contribution is -2.36. The first kappa shape index (κ1) is 21.1. The minimum absolute atomic E-state index is 0.0239. The maximum atomic E-state index is 13.3. The van der Waals surface area contributed by atoms with Gasteiger partial charge in [0.2, 0.25) is 0 Å². The molecule has 2 aromatic carbocycles. The first-order valence-corrected chi connectivity index (χ1v) is 10.9. The van der Waals surface area contributed by atoms with Crippen LogP contribution in [0, 0.1) is 0 Å². The number of aromatic nitrogens is 3. The number of hydrogen-bond donors (Lipinski definition) is 3. The number of rotatable bonds is 7. The Morgan fingerprint density at radius 1 is 1.09 bits per heavy atom. The summed E-state index contributed by atoms with van der Waals surface area (Å²) >= 11 is 0. The number of aliphatic hydroxyl groups excluding tert-OH is 1. The second kappa shape index (κ2) is 9.40. The number of aliphatic hydroxyl groups is 1. The fourth-order valence-electron chi connectivity index (χ4n) is 3.96. The number of anilines is 1. The van der Waals surface area contributed by atoms with Crippen LogP contribution in [0.5, 0.6) is 11.5 Å². The Hall–Kier alpha value is -3.75. The summed E-state index contributed by atoms with van der Waals surface area (Å²) in [5, 5.41) is 13.3. The van der Waals surface area contributed by atoms with Crippen LogP contribution in [0.2, 0.25) is 0 Å². The highest BCUT2D eigenvalue weighted by Crippen LogP contribution is 2.28. The molecule has 5 rings (SSSR count). The SMILES string of the molecule is O=C(c1ccc(Oc2ccccc2)cc1)c1c[nH]c2ncnc(N[C@H]3CC[C@H](CO)OC3)c12. The number of ketones is 1. The third kappa shape index (κ3) is 4.57. The molecule has 0 amide bonds. The molecule has 2 atom stereocenters. The van der Waals surface area contributed by atoms with Crippen LogP contribution in [-0.4, -0.2) is 51.2 Å². The Morgan fingerprint density at radius 2 is 1.88 bits per heavy atom. The predicted octanol–water partition coefficient (Wildman–Crippen LogP) is 3.93. The van der Waals surface area contributed by atoms with Crippen molar-refractivity contribution in [2.45, 2.75) is 25.0 Å². The number of benzene rings is 2. The van der Waals surface area contributed by atoms with Crippen LogP contribution in [0.15, 0.2) is 67.1 Å². The fraction of sp³-hybridized carbons (Fsp3) is 0.240. The highest BCUT2D eigenvalue weighted by atomic mass is 16.5. The molecular formula is C25H24N4O4. The number of H-pyrrole nitrogens is 1. The van der Waals surface area contributed by atoms with Crippen LogP contribution in [0.3, 0.4) is 0 Å². The zero-order valence-electron chi connectivity index (χ0n) is 17.9. The third-order valence-electron chi connectivity index (χ3n) is 5.72. The van der Waals surface area contributed by atoms with Gasteiger partial charge in [0.15, 0.2) is 5.78 Å². The summed E-state index contributed by atoms with van der Waals surface area (Å²) < 4.78 is 11.5. The van der Waals surface area contributed by atoms with Gasteiger partial charge in [-0.25, -0.2) is 9.97 Å². The van der Waals surface area contributed by atoms with Crippen molar-refractivity contribution in [3.05, 3.63) is 78.2 Å². The van der Waals surface area contributed by atoms with Crippen molar-refractivity contribution in [1.29, 1.82) is 0 Å². The number of nitrogens with zero attached hydrogens (tertiary/aromatic N) is 2. The molecule has 3 N–H and O–H groups in total. The molecule has 0 radical (unpaired) electrons. The van der Waals surface area contributed by atoms with Crippen molar-refractivity contribution in [3.63, 3.8) is 0 Å². The van der Waals surface area contributed by atoms with E-state index in [-0.39, 0.29) is 24.5 Å². The largest absolute Gasteiger partial charge is 0.457 e. The molecule has 0 bridgehead atoms. The van der Waals surface area contributed by atoms with Crippen molar-refractivity contribution in [2.75, 3.05) is 18.5 Å². The molecule has 33 heavy (non-hydrogen) atoms. The molecule has 4 aromatic rings. The van der Waals surface area contributed by atoms with Gasteiger partial charge in [-0.05, 0) is 49.2 Å². The Labute approximate surface area is 190 Å². The second-order valence-electron chi connectivity index (χ2n) is 7.97. The van der Waals surface area contributed by atoms with Gasteiger partial charge in [-0.3, -0.25) is 4.79 Å². The molecule has 2 aromatic heterocycles. The van der Waals surface area contributed by atoms with Crippen LogP contribution in [0.1, 0.15) is 28.8 Å². The van der Waals surface area contributed by atoms with Crippen LogP contribution in [0.25, 0.3) is 11.0 Å². The highest BCUT2D eigenvalue weighted by Gasteiger charge is 2.24. The molecule has 0 unspecified atom stereocenters. The summed E-state index contributed by atoms with van der Waals surface area (Å²) in [7, 11) is 0. The Bertz CT molecular complexity index is 1230. The summed E-state index contributed by atoms with van der Waals surface area (Å²) in [6, 6.07) is 16.6. The topological polar surface area (TPSA) is 109 Å². The summed E-state index contributed by atoms with van der Waals surface area (Å²) in [6.45, 7) is 0.489. The van der Waals surface area contributed by atoms with E-state index in [1.807, 2.05) is 30.3 Å². The number of fused-ring (bicyclic) bond motifs is 1. The van der Waals surface area contributed by atoms with Gasteiger partial charge in [0.05, 0.1) is 36.3 Å². The zero-order chi connectivity index (χ0) is 22.6. The summed E-state index contributed by atoms with van der Waals surface area (Å²) in [5.41, 5.74) is 1.62. The van der Waals surface area contributed by atoms with E-state index in [9.17, 15) is 9.90 Å². The minimum Gasteiger partial charge on any atom is -0.457 e. The van der Waals surface area contributed by atoms with Crippen LogP contribution in [0.4, 0.5) is 5.82 Å². The maximum Gasteiger partial charge on any atom is 0.195 e. The first-order valence-electron chi connectivity index (χ1n) is 10.9. The summed E-state index contributed by atoms with van der Waals surface area (Å²) in [5.74, 6) is 1.84. The smallest absolute Gasteiger partial charge is 0.195 e. The molecule has 1 fully saturated rings. The minimum atomic E-state index is -0.134. The maximum absolute atomic E-state index is 13.3. The number of carbonyl (C=O) groups is 1. The van der Waals surface area contributed by atoms with E-state index >= 15 is 0 Å². The normalized spacial score (nSPS) is 18.2. The molecule has 1 aliphatic heterocycles. The molecule has 0 spiro atoms. The third-order valence-corrected chi connectivity index (χ3v) is 5.72. The summed E-state index contributed by atoms with van der Waals surface area (Å²) in [6.07, 6.45) is 4.62. The Balaban J connectivity index is 1.36. The molecular weight excluding hydrogens is 420 g/mol. The van der Waals surface area contributed by atoms with Gasteiger partial charge in [0.25, 0.3) is 0 Å². The lowest BCUT2D eigenvalue weighted by molar-refractivity contribution is -0.0224. The molecule has 0 saturated carbocycles. The van der Waals surface area contributed by atoms with Crippen molar-refractivity contribution >= 4 is 22.6 Å². The molecule has 1 saturated heterocycles. The van der Waals surface area contributed by atoms with Crippen LogP contribution in [-0.2, 0) is 4.74 Å².